The first-order chi connectivity index (χ1) is 7.79. The second-order valence-corrected chi connectivity index (χ2v) is 5.28. The van der Waals surface area contributed by atoms with E-state index in [9.17, 15) is 5.11 Å². The van der Waals surface area contributed by atoms with Crippen LogP contribution in [-0.4, -0.2) is 60.7 Å². The van der Waals surface area contributed by atoms with E-state index in [0.717, 1.165) is 32.0 Å². The molecule has 0 unspecified atom stereocenters. The van der Waals surface area contributed by atoms with Gasteiger partial charge in [0.1, 0.15) is 0 Å². The molecule has 1 aliphatic carbocycles. The Labute approximate surface area is 97.2 Å². The molecule has 94 valence electrons. The predicted octanol–water partition coefficient (Wildman–Crippen LogP) is 0.232. The maximum Gasteiger partial charge on any atom is 0.0579 e. The summed E-state index contributed by atoms with van der Waals surface area (Å²) >= 11 is 0. The van der Waals surface area contributed by atoms with Crippen molar-refractivity contribution < 1.29 is 14.9 Å². The van der Waals surface area contributed by atoms with Gasteiger partial charge >= 0.3 is 0 Å². The minimum Gasteiger partial charge on any atom is -0.396 e. The average molecular weight is 229 g/mol. The predicted molar refractivity (Wildman–Crippen MR) is 61.3 cm³/mol. The van der Waals surface area contributed by atoms with E-state index in [0.29, 0.717) is 13.2 Å². The van der Waals surface area contributed by atoms with E-state index in [1.54, 1.807) is 0 Å². The van der Waals surface area contributed by atoms with Crippen molar-refractivity contribution in [3.8, 4) is 0 Å². The normalized spacial score (nSPS) is 23.4. The van der Waals surface area contributed by atoms with Crippen LogP contribution in [0.25, 0.3) is 0 Å². The third kappa shape index (κ3) is 2.94. The largest absolute Gasteiger partial charge is 0.396 e. The molecule has 4 nitrogen and oxygen atoms in total. The fourth-order valence-corrected chi connectivity index (χ4v) is 2.31. The lowest BCUT2D eigenvalue weighted by Gasteiger charge is -2.43. The maximum absolute atomic E-state index is 9.41. The molecule has 0 bridgehead atoms. The fourth-order valence-electron chi connectivity index (χ4n) is 2.31. The average Bonchev–Trinajstić information content (AvgIpc) is 3.05. The van der Waals surface area contributed by atoms with Crippen molar-refractivity contribution >= 4 is 0 Å². The summed E-state index contributed by atoms with van der Waals surface area (Å²) in [4.78, 5) is 2.48. The first-order valence-corrected chi connectivity index (χ1v) is 6.33. The Morgan fingerprint density at radius 1 is 1.19 bits per heavy atom. The number of rotatable bonds is 8. The summed E-state index contributed by atoms with van der Waals surface area (Å²) in [5.41, 5.74) is 0.00179. The zero-order valence-corrected chi connectivity index (χ0v) is 9.90. The van der Waals surface area contributed by atoms with Gasteiger partial charge in [-0.05, 0) is 32.2 Å². The van der Waals surface area contributed by atoms with E-state index in [1.165, 1.54) is 12.8 Å². The van der Waals surface area contributed by atoms with E-state index in [-0.39, 0.29) is 18.6 Å². The van der Waals surface area contributed by atoms with E-state index < -0.39 is 0 Å². The third-order valence-electron chi connectivity index (χ3n) is 3.61. The van der Waals surface area contributed by atoms with Gasteiger partial charge in [0.15, 0.2) is 0 Å². The van der Waals surface area contributed by atoms with Crippen LogP contribution in [0.5, 0.6) is 0 Å². The molecule has 2 rings (SSSR count). The van der Waals surface area contributed by atoms with Gasteiger partial charge in [0.05, 0.1) is 25.2 Å². The molecule has 0 spiro atoms. The number of hydrogen-bond acceptors (Lipinski definition) is 4. The fraction of sp³-hybridized carbons (Fsp3) is 1.00. The minimum absolute atomic E-state index is 0.00179. The molecule has 2 aliphatic rings. The molecule has 0 radical (unpaired) electrons. The van der Waals surface area contributed by atoms with Gasteiger partial charge in [-0.25, -0.2) is 0 Å². The summed E-state index contributed by atoms with van der Waals surface area (Å²) in [6.07, 6.45) is 4.52. The van der Waals surface area contributed by atoms with Crippen LogP contribution in [0.2, 0.25) is 0 Å². The first kappa shape index (κ1) is 12.3. The molecule has 16 heavy (non-hydrogen) atoms. The highest BCUT2D eigenvalue weighted by molar-refractivity contribution is 4.93. The van der Waals surface area contributed by atoms with Crippen molar-refractivity contribution in [1.29, 1.82) is 0 Å². The van der Waals surface area contributed by atoms with Gasteiger partial charge in [-0.15, -0.1) is 0 Å². The van der Waals surface area contributed by atoms with Crippen molar-refractivity contribution in [2.45, 2.75) is 31.7 Å². The molecule has 0 aromatic rings. The summed E-state index contributed by atoms with van der Waals surface area (Å²) in [7, 11) is 0. The van der Waals surface area contributed by atoms with Crippen molar-refractivity contribution in [3.63, 3.8) is 0 Å². The van der Waals surface area contributed by atoms with Crippen LogP contribution in [0.3, 0.4) is 0 Å². The number of nitrogens with zero attached hydrogens (tertiary/aromatic N) is 1. The Balaban J connectivity index is 1.77. The molecule has 4 heteroatoms. The number of ether oxygens (including phenoxy) is 1. The van der Waals surface area contributed by atoms with Crippen molar-refractivity contribution in [1.82, 2.24) is 4.90 Å². The second-order valence-electron chi connectivity index (χ2n) is 5.28. The van der Waals surface area contributed by atoms with Crippen LogP contribution in [0.1, 0.15) is 25.7 Å². The van der Waals surface area contributed by atoms with E-state index in [1.807, 2.05) is 0 Å². The molecular weight excluding hydrogens is 206 g/mol. The standard InChI is InChI=1S/C12H23NO3/c14-6-2-1-5-13(11-3-4-11)7-12(8-15)9-16-10-12/h11,14-15H,1-10H2. The zero-order chi connectivity index (χ0) is 11.4. The van der Waals surface area contributed by atoms with E-state index in [4.69, 9.17) is 9.84 Å². The summed E-state index contributed by atoms with van der Waals surface area (Å²) in [6.45, 7) is 3.93. The summed E-state index contributed by atoms with van der Waals surface area (Å²) in [6, 6.07) is 0.725. The minimum atomic E-state index is 0.00179. The van der Waals surface area contributed by atoms with Crippen LogP contribution in [0.15, 0.2) is 0 Å². The number of aliphatic hydroxyl groups excluding tert-OH is 2. The molecule has 2 fully saturated rings. The van der Waals surface area contributed by atoms with Crippen LogP contribution in [0.4, 0.5) is 0 Å². The lowest BCUT2D eigenvalue weighted by molar-refractivity contribution is -0.149. The summed E-state index contributed by atoms with van der Waals surface area (Å²) < 4.78 is 5.23. The molecule has 0 atom stereocenters. The zero-order valence-electron chi connectivity index (χ0n) is 9.90. The molecule has 1 saturated carbocycles. The highest BCUT2D eigenvalue weighted by atomic mass is 16.5. The van der Waals surface area contributed by atoms with Gasteiger partial charge in [-0.2, -0.15) is 0 Å². The number of hydrogen-bond donors (Lipinski definition) is 2. The van der Waals surface area contributed by atoms with Gasteiger partial charge in [-0.1, -0.05) is 0 Å². The molecule has 1 aliphatic heterocycles. The Kier molecular flexibility index (Phi) is 4.19. The smallest absolute Gasteiger partial charge is 0.0579 e. The molecule has 1 heterocycles. The molecule has 0 aromatic heterocycles. The quantitative estimate of drug-likeness (QED) is 0.585. The van der Waals surface area contributed by atoms with Crippen LogP contribution in [0, 0.1) is 5.41 Å². The van der Waals surface area contributed by atoms with Crippen molar-refractivity contribution in [3.05, 3.63) is 0 Å². The maximum atomic E-state index is 9.41. The molecular formula is C12H23NO3. The summed E-state index contributed by atoms with van der Waals surface area (Å²) in [5.74, 6) is 0. The number of aliphatic hydroxyl groups is 2. The molecule has 0 amide bonds. The Bertz CT molecular complexity index is 209. The van der Waals surface area contributed by atoms with Gasteiger partial charge in [0, 0.05) is 19.2 Å². The molecule has 1 saturated heterocycles. The van der Waals surface area contributed by atoms with Gasteiger partial charge in [0.25, 0.3) is 0 Å². The van der Waals surface area contributed by atoms with Gasteiger partial charge in [-0.3, -0.25) is 4.90 Å². The highest BCUT2D eigenvalue weighted by Gasteiger charge is 2.42. The second kappa shape index (κ2) is 5.45. The monoisotopic (exact) mass is 229 g/mol. The van der Waals surface area contributed by atoms with Crippen LogP contribution >= 0.6 is 0 Å². The van der Waals surface area contributed by atoms with Gasteiger partial charge in [0.2, 0.25) is 0 Å². The topological polar surface area (TPSA) is 52.9 Å². The third-order valence-corrected chi connectivity index (χ3v) is 3.61. The Hall–Kier alpha value is -0.160. The lowest BCUT2D eigenvalue weighted by atomic mass is 9.86. The molecule has 2 N–H and O–H groups in total. The lowest BCUT2D eigenvalue weighted by Crippen LogP contribution is -2.53. The summed E-state index contributed by atoms with van der Waals surface area (Å²) in [5, 5.41) is 18.2. The van der Waals surface area contributed by atoms with Crippen LogP contribution < -0.4 is 0 Å². The Morgan fingerprint density at radius 2 is 1.94 bits per heavy atom. The highest BCUT2D eigenvalue weighted by Crippen LogP contribution is 2.34. The number of unbranched alkanes of at least 4 members (excludes halogenated alkanes) is 1. The SMILES string of the molecule is OCCCCN(CC1(CO)COC1)C1CC1. The van der Waals surface area contributed by atoms with Crippen LogP contribution in [-0.2, 0) is 4.74 Å². The van der Waals surface area contributed by atoms with E-state index >= 15 is 0 Å². The molecule has 0 aromatic carbocycles. The van der Waals surface area contributed by atoms with Crippen molar-refractivity contribution in [2.75, 3.05) is 39.5 Å². The van der Waals surface area contributed by atoms with Gasteiger partial charge < -0.3 is 14.9 Å². The first-order valence-electron chi connectivity index (χ1n) is 6.33. The Morgan fingerprint density at radius 3 is 2.38 bits per heavy atom. The van der Waals surface area contributed by atoms with Crippen molar-refractivity contribution in [2.24, 2.45) is 5.41 Å². The van der Waals surface area contributed by atoms with E-state index in [2.05, 4.69) is 4.90 Å².